The Morgan fingerprint density at radius 2 is 1.94 bits per heavy atom. The van der Waals surface area contributed by atoms with Gasteiger partial charge in [-0.1, -0.05) is 0 Å². The minimum atomic E-state index is -0.535. The molecule has 0 radical (unpaired) electrons. The lowest BCUT2D eigenvalue weighted by molar-refractivity contribution is -0.141. The molecule has 3 N–H and O–H groups in total. The van der Waals surface area contributed by atoms with Crippen LogP contribution < -0.4 is 15.8 Å². The molecule has 5 heteroatoms. The SMILES string of the molecule is COC(=O)C(CN)Nc1ccc(OC(C)C)cc1. The van der Waals surface area contributed by atoms with Gasteiger partial charge in [0.25, 0.3) is 0 Å². The second-order valence-corrected chi connectivity index (χ2v) is 4.15. The molecular formula is C13H20N2O3. The van der Waals surface area contributed by atoms with Crippen LogP contribution in [0.25, 0.3) is 0 Å². The summed E-state index contributed by atoms with van der Waals surface area (Å²) in [6.45, 7) is 4.11. The van der Waals surface area contributed by atoms with Crippen molar-refractivity contribution in [3.63, 3.8) is 0 Å². The van der Waals surface area contributed by atoms with Crippen LogP contribution in [0.4, 0.5) is 5.69 Å². The highest BCUT2D eigenvalue weighted by molar-refractivity contribution is 5.79. The molecule has 1 unspecified atom stereocenters. The van der Waals surface area contributed by atoms with Crippen molar-refractivity contribution < 1.29 is 14.3 Å². The molecule has 1 rings (SSSR count). The molecule has 0 aliphatic heterocycles. The number of carbonyl (C=O) groups is 1. The summed E-state index contributed by atoms with van der Waals surface area (Å²) in [7, 11) is 1.34. The molecule has 1 aromatic rings. The summed E-state index contributed by atoms with van der Waals surface area (Å²) in [6.07, 6.45) is 0.135. The summed E-state index contributed by atoms with van der Waals surface area (Å²) in [5.74, 6) is 0.415. The minimum Gasteiger partial charge on any atom is -0.491 e. The van der Waals surface area contributed by atoms with Gasteiger partial charge in [0.2, 0.25) is 0 Å². The van der Waals surface area contributed by atoms with Crippen molar-refractivity contribution in [3.8, 4) is 5.75 Å². The number of nitrogens with one attached hydrogen (secondary N) is 1. The maximum absolute atomic E-state index is 11.4. The largest absolute Gasteiger partial charge is 0.491 e. The number of methoxy groups -OCH3 is 1. The van der Waals surface area contributed by atoms with Crippen LogP contribution >= 0.6 is 0 Å². The van der Waals surface area contributed by atoms with Crippen LogP contribution in [0.3, 0.4) is 0 Å². The Labute approximate surface area is 107 Å². The molecule has 0 spiro atoms. The zero-order chi connectivity index (χ0) is 13.5. The number of esters is 1. The third kappa shape index (κ3) is 4.25. The van der Waals surface area contributed by atoms with E-state index in [2.05, 4.69) is 10.1 Å². The average molecular weight is 252 g/mol. The van der Waals surface area contributed by atoms with Gasteiger partial charge < -0.3 is 20.5 Å². The second kappa shape index (κ2) is 6.86. The highest BCUT2D eigenvalue weighted by Crippen LogP contribution is 2.17. The van der Waals surface area contributed by atoms with E-state index in [1.807, 2.05) is 38.1 Å². The van der Waals surface area contributed by atoms with Gasteiger partial charge in [0.05, 0.1) is 13.2 Å². The summed E-state index contributed by atoms with van der Waals surface area (Å²) in [5, 5.41) is 3.00. The smallest absolute Gasteiger partial charge is 0.329 e. The number of hydrogen-bond acceptors (Lipinski definition) is 5. The Hall–Kier alpha value is -1.75. The number of benzene rings is 1. The van der Waals surface area contributed by atoms with Gasteiger partial charge in [0.1, 0.15) is 11.8 Å². The van der Waals surface area contributed by atoms with Crippen LogP contribution in [0.1, 0.15) is 13.8 Å². The molecule has 1 aromatic carbocycles. The predicted octanol–water partition coefficient (Wildman–Crippen LogP) is 1.39. The summed E-state index contributed by atoms with van der Waals surface area (Å²) in [6, 6.07) is 6.82. The van der Waals surface area contributed by atoms with Crippen LogP contribution in [-0.2, 0) is 9.53 Å². The number of nitrogens with two attached hydrogens (primary N) is 1. The van der Waals surface area contributed by atoms with Crippen molar-refractivity contribution in [2.24, 2.45) is 5.73 Å². The van der Waals surface area contributed by atoms with E-state index in [0.29, 0.717) is 0 Å². The van der Waals surface area contributed by atoms with Crippen molar-refractivity contribution in [3.05, 3.63) is 24.3 Å². The van der Waals surface area contributed by atoms with Gasteiger partial charge in [-0.3, -0.25) is 0 Å². The molecular weight excluding hydrogens is 232 g/mol. The molecule has 0 saturated carbocycles. The number of ether oxygens (including phenoxy) is 2. The molecule has 0 aromatic heterocycles. The van der Waals surface area contributed by atoms with Crippen LogP contribution in [0.2, 0.25) is 0 Å². The standard InChI is InChI=1S/C13H20N2O3/c1-9(2)18-11-6-4-10(5-7-11)15-12(8-14)13(16)17-3/h4-7,9,12,15H,8,14H2,1-3H3. The first kappa shape index (κ1) is 14.3. The Morgan fingerprint density at radius 1 is 1.33 bits per heavy atom. The summed E-state index contributed by atoms with van der Waals surface area (Å²) < 4.78 is 10.2. The first-order valence-corrected chi connectivity index (χ1v) is 5.88. The van der Waals surface area contributed by atoms with Gasteiger partial charge in [-0.15, -0.1) is 0 Å². The topological polar surface area (TPSA) is 73.6 Å². The highest BCUT2D eigenvalue weighted by Gasteiger charge is 2.16. The minimum absolute atomic E-state index is 0.135. The van der Waals surface area contributed by atoms with E-state index in [4.69, 9.17) is 10.5 Å². The zero-order valence-electron chi connectivity index (χ0n) is 11.0. The average Bonchev–Trinajstić information content (AvgIpc) is 2.36. The van der Waals surface area contributed by atoms with Crippen molar-refractivity contribution in [1.29, 1.82) is 0 Å². The third-order valence-corrected chi connectivity index (χ3v) is 2.29. The number of carbonyl (C=O) groups excluding carboxylic acids is 1. The van der Waals surface area contributed by atoms with Crippen molar-refractivity contribution in [2.75, 3.05) is 19.0 Å². The van der Waals surface area contributed by atoms with Gasteiger partial charge in [0.15, 0.2) is 0 Å². The Bertz CT molecular complexity index is 376. The molecule has 0 bridgehead atoms. The molecule has 0 saturated heterocycles. The zero-order valence-corrected chi connectivity index (χ0v) is 11.0. The third-order valence-electron chi connectivity index (χ3n) is 2.29. The summed E-state index contributed by atoms with van der Waals surface area (Å²) in [4.78, 5) is 11.4. The molecule has 100 valence electrons. The maximum Gasteiger partial charge on any atom is 0.329 e. The number of rotatable bonds is 6. The quantitative estimate of drug-likeness (QED) is 0.748. The van der Waals surface area contributed by atoms with E-state index in [1.165, 1.54) is 7.11 Å². The van der Waals surface area contributed by atoms with E-state index in [-0.39, 0.29) is 18.6 Å². The van der Waals surface area contributed by atoms with E-state index in [9.17, 15) is 4.79 Å². The fraction of sp³-hybridized carbons (Fsp3) is 0.462. The lowest BCUT2D eigenvalue weighted by atomic mass is 10.2. The fourth-order valence-corrected chi connectivity index (χ4v) is 1.46. The van der Waals surface area contributed by atoms with Gasteiger partial charge in [0, 0.05) is 12.2 Å². The van der Waals surface area contributed by atoms with Crippen LogP contribution in [-0.4, -0.2) is 31.8 Å². The first-order chi connectivity index (χ1) is 8.56. The fourth-order valence-electron chi connectivity index (χ4n) is 1.46. The second-order valence-electron chi connectivity index (χ2n) is 4.15. The van der Waals surface area contributed by atoms with E-state index in [0.717, 1.165) is 11.4 Å². The van der Waals surface area contributed by atoms with Gasteiger partial charge in [-0.05, 0) is 38.1 Å². The Balaban J connectivity index is 2.64. The summed E-state index contributed by atoms with van der Waals surface area (Å²) in [5.41, 5.74) is 6.30. The van der Waals surface area contributed by atoms with Crippen molar-refractivity contribution in [1.82, 2.24) is 0 Å². The van der Waals surface area contributed by atoms with Crippen LogP contribution in [0.15, 0.2) is 24.3 Å². The normalized spacial score (nSPS) is 12.1. The monoisotopic (exact) mass is 252 g/mol. The van der Waals surface area contributed by atoms with Crippen molar-refractivity contribution >= 4 is 11.7 Å². The molecule has 0 aliphatic rings. The number of anilines is 1. The predicted molar refractivity (Wildman–Crippen MR) is 70.7 cm³/mol. The Morgan fingerprint density at radius 3 is 2.39 bits per heavy atom. The maximum atomic E-state index is 11.4. The van der Waals surface area contributed by atoms with Crippen LogP contribution in [0, 0.1) is 0 Å². The van der Waals surface area contributed by atoms with E-state index < -0.39 is 6.04 Å². The molecule has 5 nitrogen and oxygen atoms in total. The molecule has 18 heavy (non-hydrogen) atoms. The molecule has 0 fully saturated rings. The van der Waals surface area contributed by atoms with Gasteiger partial charge in [-0.25, -0.2) is 4.79 Å². The molecule has 0 heterocycles. The summed E-state index contributed by atoms with van der Waals surface area (Å²) >= 11 is 0. The van der Waals surface area contributed by atoms with Gasteiger partial charge >= 0.3 is 5.97 Å². The highest BCUT2D eigenvalue weighted by atomic mass is 16.5. The van der Waals surface area contributed by atoms with Crippen molar-refractivity contribution in [2.45, 2.75) is 26.0 Å². The molecule has 0 amide bonds. The lowest BCUT2D eigenvalue weighted by Gasteiger charge is -2.16. The number of hydrogen-bond donors (Lipinski definition) is 2. The Kier molecular flexibility index (Phi) is 5.45. The lowest BCUT2D eigenvalue weighted by Crippen LogP contribution is -2.37. The van der Waals surface area contributed by atoms with E-state index in [1.54, 1.807) is 0 Å². The molecule has 0 aliphatic carbocycles. The van der Waals surface area contributed by atoms with Crippen LogP contribution in [0.5, 0.6) is 5.75 Å². The van der Waals surface area contributed by atoms with Gasteiger partial charge in [-0.2, -0.15) is 0 Å². The van der Waals surface area contributed by atoms with E-state index >= 15 is 0 Å². The molecule has 1 atom stereocenters. The first-order valence-electron chi connectivity index (χ1n) is 5.88.